The van der Waals surface area contributed by atoms with Crippen LogP contribution in [0.2, 0.25) is 0 Å². The summed E-state index contributed by atoms with van der Waals surface area (Å²) >= 11 is 3.39. The predicted octanol–water partition coefficient (Wildman–Crippen LogP) is 2.06. The van der Waals surface area contributed by atoms with E-state index in [1.807, 2.05) is 6.07 Å². The fourth-order valence-electron chi connectivity index (χ4n) is 2.14. The third kappa shape index (κ3) is 2.90. The summed E-state index contributed by atoms with van der Waals surface area (Å²) in [5.74, 6) is -0.425. The van der Waals surface area contributed by atoms with Crippen LogP contribution in [0.4, 0.5) is 5.69 Å². The van der Waals surface area contributed by atoms with Crippen molar-refractivity contribution >= 4 is 33.5 Å². The zero-order valence-electron chi connectivity index (χ0n) is 9.80. The molecule has 5 heteroatoms. The highest BCUT2D eigenvalue weighted by atomic mass is 79.9. The van der Waals surface area contributed by atoms with Gasteiger partial charge in [-0.05, 0) is 23.6 Å². The molecule has 18 heavy (non-hydrogen) atoms. The summed E-state index contributed by atoms with van der Waals surface area (Å²) < 4.78 is 0. The van der Waals surface area contributed by atoms with Gasteiger partial charge >= 0.3 is 5.97 Å². The minimum absolute atomic E-state index is 0.0161. The van der Waals surface area contributed by atoms with E-state index in [0.717, 1.165) is 16.6 Å². The molecule has 1 heterocycles. The van der Waals surface area contributed by atoms with Crippen LogP contribution in [0.1, 0.15) is 12.0 Å². The van der Waals surface area contributed by atoms with Gasteiger partial charge in [0.25, 0.3) is 0 Å². The minimum atomic E-state index is -0.863. The number of aliphatic carboxylic acids is 1. The highest BCUT2D eigenvalue weighted by Crippen LogP contribution is 2.26. The van der Waals surface area contributed by atoms with Gasteiger partial charge in [-0.25, -0.2) is 0 Å². The van der Waals surface area contributed by atoms with E-state index in [-0.39, 0.29) is 12.3 Å². The predicted molar refractivity (Wildman–Crippen MR) is 72.0 cm³/mol. The zero-order chi connectivity index (χ0) is 13.1. The van der Waals surface area contributed by atoms with Crippen LogP contribution >= 0.6 is 15.9 Å². The second-order valence-corrected chi connectivity index (χ2v) is 5.12. The van der Waals surface area contributed by atoms with Crippen LogP contribution in [-0.2, 0) is 16.0 Å². The quantitative estimate of drug-likeness (QED) is 0.866. The Morgan fingerprint density at radius 3 is 2.89 bits per heavy atom. The van der Waals surface area contributed by atoms with Gasteiger partial charge in [0.2, 0.25) is 5.91 Å². The Balaban J connectivity index is 2.18. The van der Waals surface area contributed by atoms with Gasteiger partial charge in [-0.3, -0.25) is 9.59 Å². The molecule has 0 bridgehead atoms. The van der Waals surface area contributed by atoms with Crippen LogP contribution in [0.3, 0.4) is 0 Å². The van der Waals surface area contributed by atoms with E-state index >= 15 is 0 Å². The lowest BCUT2D eigenvalue weighted by Gasteiger charge is -2.17. The van der Waals surface area contributed by atoms with Crippen molar-refractivity contribution in [3.8, 4) is 0 Å². The molecule has 96 valence electrons. The Kier molecular flexibility index (Phi) is 4.01. The SMILES string of the molecule is O=C(O)Cc1cccc(N2CC(CBr)CC2=O)c1. The third-order valence-electron chi connectivity index (χ3n) is 3.00. The fourth-order valence-corrected chi connectivity index (χ4v) is 2.58. The summed E-state index contributed by atoms with van der Waals surface area (Å²) in [6, 6.07) is 7.19. The third-order valence-corrected chi connectivity index (χ3v) is 3.92. The number of hydrogen-bond acceptors (Lipinski definition) is 2. The van der Waals surface area contributed by atoms with Crippen molar-refractivity contribution in [1.29, 1.82) is 0 Å². The molecule has 1 aliphatic heterocycles. The van der Waals surface area contributed by atoms with Crippen LogP contribution in [0.25, 0.3) is 0 Å². The van der Waals surface area contributed by atoms with Crippen LogP contribution in [0.5, 0.6) is 0 Å². The molecule has 0 saturated carbocycles. The lowest BCUT2D eigenvalue weighted by atomic mass is 10.1. The van der Waals surface area contributed by atoms with E-state index in [4.69, 9.17) is 5.11 Å². The minimum Gasteiger partial charge on any atom is -0.481 e. The number of amides is 1. The van der Waals surface area contributed by atoms with Crippen molar-refractivity contribution in [3.05, 3.63) is 29.8 Å². The Labute approximate surface area is 114 Å². The molecular weight excluding hydrogens is 298 g/mol. The van der Waals surface area contributed by atoms with E-state index in [0.29, 0.717) is 18.9 Å². The summed E-state index contributed by atoms with van der Waals surface area (Å²) in [5, 5.41) is 9.58. The number of halogens is 1. The van der Waals surface area contributed by atoms with Crippen molar-refractivity contribution in [2.45, 2.75) is 12.8 Å². The second kappa shape index (κ2) is 5.52. The smallest absolute Gasteiger partial charge is 0.307 e. The maximum absolute atomic E-state index is 11.9. The summed E-state index contributed by atoms with van der Waals surface area (Å²) in [5.41, 5.74) is 1.51. The summed E-state index contributed by atoms with van der Waals surface area (Å²) in [6.07, 6.45) is 0.534. The fraction of sp³-hybridized carbons (Fsp3) is 0.385. The van der Waals surface area contributed by atoms with Crippen LogP contribution in [0.15, 0.2) is 24.3 Å². The topological polar surface area (TPSA) is 57.6 Å². The van der Waals surface area contributed by atoms with Gasteiger partial charge in [0.15, 0.2) is 0 Å². The number of carboxylic acids is 1. The lowest BCUT2D eigenvalue weighted by molar-refractivity contribution is -0.136. The number of nitrogens with zero attached hydrogens (tertiary/aromatic N) is 1. The van der Waals surface area contributed by atoms with Gasteiger partial charge in [-0.1, -0.05) is 28.1 Å². The van der Waals surface area contributed by atoms with Crippen molar-refractivity contribution in [1.82, 2.24) is 0 Å². The molecule has 4 nitrogen and oxygen atoms in total. The molecular formula is C13H14BrNO3. The first kappa shape index (κ1) is 13.1. The van der Waals surface area contributed by atoms with Crippen LogP contribution in [-0.4, -0.2) is 28.9 Å². The molecule has 1 saturated heterocycles. The molecule has 1 N–H and O–H groups in total. The number of hydrogen-bond donors (Lipinski definition) is 1. The Hall–Kier alpha value is -1.36. The standard InChI is InChI=1S/C13H14BrNO3/c14-7-10-5-12(16)15(8-10)11-3-1-2-9(4-11)6-13(17)18/h1-4,10H,5-8H2,(H,17,18). The van der Waals surface area contributed by atoms with Crippen molar-refractivity contribution in [2.24, 2.45) is 5.92 Å². The molecule has 0 spiro atoms. The normalized spacial score (nSPS) is 19.3. The van der Waals surface area contributed by atoms with E-state index in [2.05, 4.69) is 15.9 Å². The Morgan fingerprint density at radius 2 is 2.28 bits per heavy atom. The van der Waals surface area contributed by atoms with E-state index < -0.39 is 5.97 Å². The molecule has 1 atom stereocenters. The number of carbonyl (C=O) groups excluding carboxylic acids is 1. The van der Waals surface area contributed by atoms with E-state index in [1.54, 1.807) is 23.1 Å². The van der Waals surface area contributed by atoms with Crippen molar-refractivity contribution < 1.29 is 14.7 Å². The van der Waals surface area contributed by atoms with E-state index in [9.17, 15) is 9.59 Å². The molecule has 0 radical (unpaired) electrons. The monoisotopic (exact) mass is 311 g/mol. The first-order valence-electron chi connectivity index (χ1n) is 5.77. The maximum atomic E-state index is 11.9. The summed E-state index contributed by atoms with van der Waals surface area (Å²) in [7, 11) is 0. The van der Waals surface area contributed by atoms with Gasteiger partial charge in [0.1, 0.15) is 0 Å². The van der Waals surface area contributed by atoms with Gasteiger partial charge in [-0.2, -0.15) is 0 Å². The van der Waals surface area contributed by atoms with Crippen LogP contribution in [0, 0.1) is 5.92 Å². The molecule has 1 aromatic carbocycles. The summed E-state index contributed by atoms with van der Waals surface area (Å²) in [4.78, 5) is 24.3. The number of carboxylic acid groups (broad SMARTS) is 1. The second-order valence-electron chi connectivity index (χ2n) is 4.47. The molecule has 0 aromatic heterocycles. The van der Waals surface area contributed by atoms with Gasteiger partial charge < -0.3 is 10.0 Å². The zero-order valence-corrected chi connectivity index (χ0v) is 11.4. The largest absolute Gasteiger partial charge is 0.481 e. The molecule has 0 aliphatic carbocycles. The van der Waals surface area contributed by atoms with Gasteiger partial charge in [-0.15, -0.1) is 0 Å². The molecule has 1 fully saturated rings. The Morgan fingerprint density at radius 1 is 1.50 bits per heavy atom. The first-order chi connectivity index (χ1) is 8.60. The Bertz CT molecular complexity index is 475. The van der Waals surface area contributed by atoms with Crippen molar-refractivity contribution in [2.75, 3.05) is 16.8 Å². The highest BCUT2D eigenvalue weighted by Gasteiger charge is 2.29. The van der Waals surface area contributed by atoms with Gasteiger partial charge in [0.05, 0.1) is 6.42 Å². The van der Waals surface area contributed by atoms with Gasteiger partial charge in [0, 0.05) is 24.0 Å². The molecule has 1 aromatic rings. The number of carbonyl (C=O) groups is 2. The maximum Gasteiger partial charge on any atom is 0.307 e. The van der Waals surface area contributed by atoms with E-state index in [1.165, 1.54) is 0 Å². The number of alkyl halides is 1. The first-order valence-corrected chi connectivity index (χ1v) is 6.89. The highest BCUT2D eigenvalue weighted by molar-refractivity contribution is 9.09. The number of rotatable bonds is 4. The summed E-state index contributed by atoms with van der Waals surface area (Å²) in [6.45, 7) is 0.695. The van der Waals surface area contributed by atoms with Crippen LogP contribution < -0.4 is 4.90 Å². The molecule has 1 unspecified atom stereocenters. The lowest BCUT2D eigenvalue weighted by Crippen LogP contribution is -2.24. The average Bonchev–Trinajstić information content (AvgIpc) is 2.70. The molecule has 2 rings (SSSR count). The number of anilines is 1. The number of benzene rings is 1. The molecule has 1 amide bonds. The average molecular weight is 312 g/mol. The van der Waals surface area contributed by atoms with Crippen molar-refractivity contribution in [3.63, 3.8) is 0 Å². The molecule has 1 aliphatic rings.